The van der Waals surface area contributed by atoms with E-state index < -0.39 is 47.5 Å². The average Bonchev–Trinajstić information content (AvgIpc) is 3.23. The van der Waals surface area contributed by atoms with Crippen molar-refractivity contribution in [2.45, 2.75) is 30.2 Å². The second kappa shape index (κ2) is 9.69. The largest absolute Gasteiger partial charge is 0.461 e. The highest BCUT2D eigenvalue weighted by molar-refractivity contribution is 6.30. The number of fused-ring (bicyclic) bond motifs is 2. The van der Waals surface area contributed by atoms with E-state index in [2.05, 4.69) is 0 Å². The van der Waals surface area contributed by atoms with Crippen molar-refractivity contribution in [2.24, 2.45) is 11.8 Å². The summed E-state index contributed by atoms with van der Waals surface area (Å²) in [4.78, 5) is 44.8. The number of halogens is 1. The summed E-state index contributed by atoms with van der Waals surface area (Å²) in [6.45, 7) is -0.0200. The summed E-state index contributed by atoms with van der Waals surface area (Å²) in [5, 5.41) is 11.1. The molecule has 2 saturated heterocycles. The number of carbonyl (C=O) groups excluding carboxylic acids is 3. The van der Waals surface area contributed by atoms with Crippen LogP contribution < -0.4 is 4.90 Å². The summed E-state index contributed by atoms with van der Waals surface area (Å²) >= 11 is 6.09. The number of amides is 2. The predicted molar refractivity (Wildman–Crippen MR) is 139 cm³/mol. The number of rotatable bonds is 5. The molecular formula is C29H27ClN2O6. The topological polar surface area (TPSA) is 96.4 Å². The van der Waals surface area contributed by atoms with E-state index >= 15 is 0 Å². The Morgan fingerprint density at radius 2 is 1.79 bits per heavy atom. The second-order valence-corrected chi connectivity index (χ2v) is 10.4. The number of aliphatic hydroxyl groups excluding tert-OH is 1. The van der Waals surface area contributed by atoms with Crippen LogP contribution in [0, 0.1) is 11.8 Å². The normalized spacial score (nSPS) is 30.8. The van der Waals surface area contributed by atoms with Gasteiger partial charge in [0.2, 0.25) is 5.91 Å². The molecule has 9 heteroatoms. The van der Waals surface area contributed by atoms with Crippen LogP contribution in [0.2, 0.25) is 5.02 Å². The Morgan fingerprint density at radius 3 is 2.53 bits per heavy atom. The smallest absolute Gasteiger partial charge is 0.313 e. The van der Waals surface area contributed by atoms with Gasteiger partial charge in [-0.05, 0) is 42.3 Å². The summed E-state index contributed by atoms with van der Waals surface area (Å²) in [7, 11) is 0. The first kappa shape index (κ1) is 24.9. The minimum Gasteiger partial charge on any atom is -0.461 e. The van der Waals surface area contributed by atoms with Crippen molar-refractivity contribution < 1.29 is 29.0 Å². The summed E-state index contributed by atoms with van der Waals surface area (Å²) in [6.07, 6.45) is 6.64. The van der Waals surface area contributed by atoms with Gasteiger partial charge in [0.05, 0.1) is 24.7 Å². The van der Waals surface area contributed by atoms with Crippen LogP contribution in [0.4, 0.5) is 5.69 Å². The molecule has 2 aromatic carbocycles. The molecule has 2 amide bonds. The fourth-order valence-electron chi connectivity index (χ4n) is 6.29. The molecule has 38 heavy (non-hydrogen) atoms. The molecule has 0 aliphatic carbocycles. The van der Waals surface area contributed by atoms with Gasteiger partial charge < -0.3 is 24.4 Å². The fourth-order valence-corrected chi connectivity index (χ4v) is 6.42. The molecule has 0 saturated carbocycles. The van der Waals surface area contributed by atoms with E-state index in [0.717, 1.165) is 5.56 Å². The van der Waals surface area contributed by atoms with Crippen molar-refractivity contribution >= 4 is 35.1 Å². The number of cyclic esters (lactones) is 1. The third-order valence-corrected chi connectivity index (χ3v) is 8.16. The maximum absolute atomic E-state index is 14.4. The van der Waals surface area contributed by atoms with Crippen LogP contribution in [0.5, 0.6) is 0 Å². The highest BCUT2D eigenvalue weighted by atomic mass is 35.5. The lowest BCUT2D eigenvalue weighted by molar-refractivity contribution is -0.153. The molecular weight excluding hydrogens is 508 g/mol. The van der Waals surface area contributed by atoms with Gasteiger partial charge in [-0.15, -0.1) is 0 Å². The Balaban J connectivity index is 1.47. The number of nitrogens with zero attached hydrogens (tertiary/aromatic N) is 2. The lowest BCUT2D eigenvalue weighted by Crippen LogP contribution is -2.58. The number of esters is 1. The van der Waals surface area contributed by atoms with Gasteiger partial charge in [-0.25, -0.2) is 0 Å². The Hall–Kier alpha value is -3.46. The Labute approximate surface area is 225 Å². The lowest BCUT2D eigenvalue weighted by atomic mass is 9.78. The third kappa shape index (κ3) is 3.86. The standard InChI is InChI=1S/C29H27ClN2O6/c30-19-9-11-20(12-10-19)31-14-5-13-29-24(23-22(38-29)8-4-15-37-28(23)36)26(34)32(25(29)27(31)35)21(17-33)16-18-6-2-1-3-7-18/h1-13,21-25,33H,14-17H2/t21-,22+,23-,24+,25?,29+/m1/s1. The fraction of sp³-hybridized carbons (Fsp3) is 0.345. The predicted octanol–water partition coefficient (Wildman–Crippen LogP) is 2.54. The zero-order valence-electron chi connectivity index (χ0n) is 20.5. The Morgan fingerprint density at radius 1 is 1.03 bits per heavy atom. The molecule has 0 aromatic heterocycles. The number of likely N-dealkylation sites (tertiary alicyclic amines) is 1. The molecule has 0 radical (unpaired) electrons. The zero-order valence-corrected chi connectivity index (χ0v) is 21.2. The molecule has 4 aliphatic rings. The average molecular weight is 535 g/mol. The second-order valence-electron chi connectivity index (χ2n) is 10.00. The van der Waals surface area contributed by atoms with Gasteiger partial charge in [-0.2, -0.15) is 0 Å². The summed E-state index contributed by atoms with van der Waals surface area (Å²) in [5.41, 5.74) is 0.134. The maximum Gasteiger partial charge on any atom is 0.313 e. The first-order valence-corrected chi connectivity index (χ1v) is 13.0. The molecule has 1 unspecified atom stereocenters. The van der Waals surface area contributed by atoms with E-state index in [0.29, 0.717) is 17.1 Å². The molecule has 196 valence electrons. The monoisotopic (exact) mass is 534 g/mol. The third-order valence-electron chi connectivity index (χ3n) is 7.91. The van der Waals surface area contributed by atoms with Gasteiger partial charge in [0, 0.05) is 17.3 Å². The van der Waals surface area contributed by atoms with Crippen LogP contribution in [-0.2, 0) is 30.3 Å². The minimum atomic E-state index is -1.39. The summed E-state index contributed by atoms with van der Waals surface area (Å²) in [5.74, 6) is -3.15. The van der Waals surface area contributed by atoms with E-state index in [4.69, 9.17) is 21.1 Å². The van der Waals surface area contributed by atoms with Gasteiger partial charge in [0.1, 0.15) is 24.2 Å². The number of carbonyl (C=O) groups is 3. The molecule has 1 N–H and O–H groups in total. The van der Waals surface area contributed by atoms with Crippen LogP contribution in [0.25, 0.3) is 0 Å². The quantitative estimate of drug-likeness (QED) is 0.468. The first-order chi connectivity index (χ1) is 18.4. The molecule has 1 spiro atoms. The van der Waals surface area contributed by atoms with Crippen LogP contribution in [0.1, 0.15) is 5.56 Å². The van der Waals surface area contributed by atoms with E-state index in [1.54, 1.807) is 47.4 Å². The van der Waals surface area contributed by atoms with Gasteiger partial charge in [0.25, 0.3) is 5.91 Å². The van der Waals surface area contributed by atoms with Crippen molar-refractivity contribution in [3.05, 3.63) is 89.5 Å². The van der Waals surface area contributed by atoms with Crippen molar-refractivity contribution in [2.75, 3.05) is 24.7 Å². The van der Waals surface area contributed by atoms with E-state index in [-0.39, 0.29) is 25.7 Å². The molecule has 4 aliphatic heterocycles. The maximum atomic E-state index is 14.4. The number of hydrogen-bond acceptors (Lipinski definition) is 6. The van der Waals surface area contributed by atoms with E-state index in [1.807, 2.05) is 36.4 Å². The van der Waals surface area contributed by atoms with Gasteiger partial charge in [-0.1, -0.05) is 60.2 Å². The molecule has 4 heterocycles. The van der Waals surface area contributed by atoms with Gasteiger partial charge in [-0.3, -0.25) is 14.4 Å². The zero-order chi connectivity index (χ0) is 26.4. The van der Waals surface area contributed by atoms with E-state index in [9.17, 15) is 19.5 Å². The minimum absolute atomic E-state index is 0.0998. The van der Waals surface area contributed by atoms with E-state index in [1.165, 1.54) is 4.90 Å². The molecule has 6 rings (SSSR count). The van der Waals surface area contributed by atoms with Gasteiger partial charge >= 0.3 is 5.97 Å². The summed E-state index contributed by atoms with van der Waals surface area (Å²) < 4.78 is 11.9. The van der Waals surface area contributed by atoms with Crippen molar-refractivity contribution in [3.63, 3.8) is 0 Å². The van der Waals surface area contributed by atoms with Crippen LogP contribution >= 0.6 is 11.6 Å². The highest BCUT2D eigenvalue weighted by Crippen LogP contribution is 2.54. The Bertz CT molecular complexity index is 1310. The Kier molecular flexibility index (Phi) is 6.34. The van der Waals surface area contributed by atoms with Crippen LogP contribution in [0.3, 0.4) is 0 Å². The van der Waals surface area contributed by atoms with Crippen LogP contribution in [0.15, 0.2) is 78.9 Å². The molecule has 0 bridgehead atoms. The number of anilines is 1. The summed E-state index contributed by atoms with van der Waals surface area (Å²) in [6, 6.07) is 14.6. The van der Waals surface area contributed by atoms with Crippen molar-refractivity contribution in [3.8, 4) is 0 Å². The molecule has 2 fully saturated rings. The number of aliphatic hydroxyl groups is 1. The first-order valence-electron chi connectivity index (χ1n) is 12.7. The number of ether oxygens (including phenoxy) is 2. The van der Waals surface area contributed by atoms with Crippen molar-refractivity contribution in [1.29, 1.82) is 0 Å². The lowest BCUT2D eigenvalue weighted by Gasteiger charge is -2.38. The molecule has 8 nitrogen and oxygen atoms in total. The highest BCUT2D eigenvalue weighted by Gasteiger charge is 2.72. The molecule has 6 atom stereocenters. The van der Waals surface area contributed by atoms with Gasteiger partial charge in [0.15, 0.2) is 0 Å². The molecule has 2 aromatic rings. The SMILES string of the molecule is O=C1OCC=C[C@@H]2O[C@]34C=CCN(c5ccc(Cl)cc5)C(=O)C3N([C@@H](CO)Cc3ccccc3)C(=O)[C@@H]4[C@H]12. The van der Waals surface area contributed by atoms with Crippen molar-refractivity contribution in [1.82, 2.24) is 4.90 Å². The number of hydrogen-bond donors (Lipinski definition) is 1. The van der Waals surface area contributed by atoms with Crippen LogP contribution in [-0.4, -0.2) is 71.3 Å². The number of benzene rings is 2.